The number of amides is 1. The monoisotopic (exact) mass is 274 g/mol. The molecule has 0 unspecified atom stereocenters. The smallest absolute Gasteiger partial charge is 0.277 e. The van der Waals surface area contributed by atoms with Gasteiger partial charge in [0.2, 0.25) is 0 Å². The molecule has 2 rings (SSSR count). The maximum absolute atomic E-state index is 11.7. The Morgan fingerprint density at radius 2 is 2.20 bits per heavy atom. The fourth-order valence-corrected chi connectivity index (χ4v) is 2.36. The zero-order valence-corrected chi connectivity index (χ0v) is 12.2. The van der Waals surface area contributed by atoms with Gasteiger partial charge in [-0.3, -0.25) is 4.79 Å². The molecule has 4 nitrogen and oxygen atoms in total. The molecule has 0 heterocycles. The van der Waals surface area contributed by atoms with Gasteiger partial charge < -0.3 is 4.74 Å². The van der Waals surface area contributed by atoms with Crippen LogP contribution < -0.4 is 10.2 Å². The van der Waals surface area contributed by atoms with Gasteiger partial charge in [-0.15, -0.1) is 0 Å². The Hall–Kier alpha value is -1.84. The van der Waals surface area contributed by atoms with Gasteiger partial charge in [0.1, 0.15) is 5.75 Å². The molecule has 0 saturated heterocycles. The summed E-state index contributed by atoms with van der Waals surface area (Å²) in [6.45, 7) is 4.11. The number of para-hydroxylation sites is 1. The number of nitrogens with one attached hydrogen (secondary N) is 1. The lowest BCUT2D eigenvalue weighted by Crippen LogP contribution is -2.28. The molecule has 0 spiro atoms. The number of aryl methyl sites for hydroxylation is 1. The summed E-state index contributed by atoms with van der Waals surface area (Å²) in [5.41, 5.74) is 4.72. The van der Waals surface area contributed by atoms with Crippen molar-refractivity contribution >= 4 is 11.6 Å². The van der Waals surface area contributed by atoms with E-state index in [4.69, 9.17) is 4.74 Å². The lowest BCUT2D eigenvalue weighted by Gasteiger charge is -2.19. The Morgan fingerprint density at radius 1 is 1.40 bits per heavy atom. The predicted octanol–water partition coefficient (Wildman–Crippen LogP) is 3.06. The molecule has 4 heteroatoms. The first-order valence-corrected chi connectivity index (χ1v) is 7.20. The fourth-order valence-electron chi connectivity index (χ4n) is 2.36. The van der Waals surface area contributed by atoms with Gasteiger partial charge in [0.05, 0.1) is 0 Å². The molecule has 0 bridgehead atoms. The highest BCUT2D eigenvalue weighted by Gasteiger charge is 2.16. The first kappa shape index (κ1) is 14.6. The van der Waals surface area contributed by atoms with E-state index in [-0.39, 0.29) is 12.5 Å². The minimum absolute atomic E-state index is 0.00395. The second kappa shape index (κ2) is 7.08. The molecular weight excluding hydrogens is 252 g/mol. The molecule has 1 amide bonds. The maximum atomic E-state index is 11.7. The summed E-state index contributed by atoms with van der Waals surface area (Å²) in [7, 11) is 0. The first-order valence-electron chi connectivity index (χ1n) is 7.20. The van der Waals surface area contributed by atoms with E-state index in [1.807, 2.05) is 31.2 Å². The van der Waals surface area contributed by atoms with Crippen molar-refractivity contribution in [2.45, 2.75) is 39.5 Å². The van der Waals surface area contributed by atoms with Gasteiger partial charge in [0.25, 0.3) is 5.91 Å². The maximum Gasteiger partial charge on any atom is 0.277 e. The van der Waals surface area contributed by atoms with Gasteiger partial charge in [0.15, 0.2) is 6.61 Å². The van der Waals surface area contributed by atoms with Gasteiger partial charge in [-0.05, 0) is 43.7 Å². The van der Waals surface area contributed by atoms with Crippen LogP contribution in [0.25, 0.3) is 0 Å². The number of nitrogens with zero attached hydrogens (tertiary/aromatic N) is 1. The molecule has 20 heavy (non-hydrogen) atoms. The molecule has 1 atom stereocenters. The van der Waals surface area contributed by atoms with E-state index >= 15 is 0 Å². The quantitative estimate of drug-likeness (QED) is 0.858. The molecule has 0 radical (unpaired) electrons. The summed E-state index contributed by atoms with van der Waals surface area (Å²) < 4.78 is 5.48. The van der Waals surface area contributed by atoms with Gasteiger partial charge >= 0.3 is 0 Å². The third-order valence-corrected chi connectivity index (χ3v) is 3.67. The SMILES string of the molecule is Cc1ccccc1OCC(=O)N/N=C1\CCCC[C@@H]1C. The highest BCUT2D eigenvalue weighted by atomic mass is 16.5. The van der Waals surface area contributed by atoms with Crippen molar-refractivity contribution in [3.8, 4) is 5.75 Å². The predicted molar refractivity (Wildman–Crippen MR) is 79.9 cm³/mol. The highest BCUT2D eigenvalue weighted by Crippen LogP contribution is 2.20. The molecule has 1 aromatic rings. The Bertz CT molecular complexity index is 497. The third kappa shape index (κ3) is 4.08. The number of hydrogen-bond acceptors (Lipinski definition) is 3. The molecule has 1 N–H and O–H groups in total. The van der Waals surface area contributed by atoms with Crippen LogP contribution in [0.1, 0.15) is 38.2 Å². The molecule has 1 saturated carbocycles. The Morgan fingerprint density at radius 3 is 2.95 bits per heavy atom. The van der Waals surface area contributed by atoms with Gasteiger partial charge in [0, 0.05) is 5.71 Å². The average Bonchev–Trinajstić information content (AvgIpc) is 2.45. The highest BCUT2D eigenvalue weighted by molar-refractivity contribution is 5.88. The van der Waals surface area contributed by atoms with Crippen LogP contribution >= 0.6 is 0 Å². The number of hydrazone groups is 1. The second-order valence-electron chi connectivity index (χ2n) is 5.34. The first-order chi connectivity index (χ1) is 9.66. The van der Waals surface area contributed by atoms with E-state index in [0.29, 0.717) is 5.92 Å². The third-order valence-electron chi connectivity index (χ3n) is 3.67. The molecular formula is C16H22N2O2. The summed E-state index contributed by atoms with van der Waals surface area (Å²) in [6, 6.07) is 7.65. The number of benzene rings is 1. The van der Waals surface area contributed by atoms with Crippen molar-refractivity contribution < 1.29 is 9.53 Å². The largest absolute Gasteiger partial charge is 0.483 e. The lowest BCUT2D eigenvalue weighted by molar-refractivity contribution is -0.123. The average molecular weight is 274 g/mol. The number of hydrogen-bond donors (Lipinski definition) is 1. The molecule has 108 valence electrons. The van der Waals surface area contributed by atoms with Gasteiger partial charge in [-0.1, -0.05) is 31.5 Å². The minimum atomic E-state index is -0.210. The summed E-state index contributed by atoms with van der Waals surface area (Å²) in [6.07, 6.45) is 4.57. The number of ether oxygens (including phenoxy) is 1. The summed E-state index contributed by atoms with van der Waals surface area (Å²) >= 11 is 0. The molecule has 1 aliphatic rings. The van der Waals surface area contributed by atoms with Crippen molar-refractivity contribution in [1.82, 2.24) is 5.43 Å². The van der Waals surface area contributed by atoms with Crippen LogP contribution in [-0.2, 0) is 4.79 Å². The topological polar surface area (TPSA) is 50.7 Å². The van der Waals surface area contributed by atoms with E-state index in [1.165, 1.54) is 12.8 Å². The van der Waals surface area contributed by atoms with Crippen LogP contribution in [0, 0.1) is 12.8 Å². The zero-order valence-electron chi connectivity index (χ0n) is 12.2. The summed E-state index contributed by atoms with van der Waals surface area (Å²) in [5.74, 6) is 1.00. The van der Waals surface area contributed by atoms with Crippen molar-refractivity contribution in [3.05, 3.63) is 29.8 Å². The zero-order chi connectivity index (χ0) is 14.4. The Balaban J connectivity index is 1.81. The van der Waals surface area contributed by atoms with Crippen molar-refractivity contribution in [1.29, 1.82) is 0 Å². The second-order valence-corrected chi connectivity index (χ2v) is 5.34. The van der Waals surface area contributed by atoms with Crippen LogP contribution in [0.2, 0.25) is 0 Å². The summed E-state index contributed by atoms with van der Waals surface area (Å²) in [5, 5.41) is 4.24. The number of carbonyl (C=O) groups is 1. The van der Waals surface area contributed by atoms with Crippen LogP contribution in [0.4, 0.5) is 0 Å². The van der Waals surface area contributed by atoms with E-state index in [9.17, 15) is 4.79 Å². The van der Waals surface area contributed by atoms with E-state index in [0.717, 1.165) is 29.9 Å². The molecule has 0 aromatic heterocycles. The molecule has 0 aliphatic heterocycles. The van der Waals surface area contributed by atoms with Crippen LogP contribution in [0.5, 0.6) is 5.75 Å². The van der Waals surface area contributed by atoms with Crippen LogP contribution in [-0.4, -0.2) is 18.2 Å². The van der Waals surface area contributed by atoms with Crippen LogP contribution in [0.3, 0.4) is 0 Å². The lowest BCUT2D eigenvalue weighted by atomic mass is 9.89. The minimum Gasteiger partial charge on any atom is -0.483 e. The van der Waals surface area contributed by atoms with E-state index in [1.54, 1.807) is 0 Å². The Kier molecular flexibility index (Phi) is 5.16. The van der Waals surface area contributed by atoms with E-state index < -0.39 is 0 Å². The van der Waals surface area contributed by atoms with Gasteiger partial charge in [-0.2, -0.15) is 5.10 Å². The standard InChI is InChI=1S/C16H22N2O2/c1-12-7-3-5-9-14(12)17-18-16(19)11-20-15-10-6-4-8-13(15)2/h4,6,8,10,12H,3,5,7,9,11H2,1-2H3,(H,18,19)/b17-14+/t12-/m0/s1. The van der Waals surface area contributed by atoms with Crippen LogP contribution in [0.15, 0.2) is 29.4 Å². The summed E-state index contributed by atoms with van der Waals surface area (Å²) in [4.78, 5) is 11.7. The van der Waals surface area contributed by atoms with E-state index in [2.05, 4.69) is 17.5 Å². The van der Waals surface area contributed by atoms with Gasteiger partial charge in [-0.25, -0.2) is 5.43 Å². The molecule has 1 aromatic carbocycles. The Labute approximate surface area is 120 Å². The van der Waals surface area contributed by atoms with Crippen molar-refractivity contribution in [2.24, 2.45) is 11.0 Å². The number of rotatable bonds is 4. The normalized spacial score (nSPS) is 20.7. The van der Waals surface area contributed by atoms with Crippen molar-refractivity contribution in [2.75, 3.05) is 6.61 Å². The molecule has 1 fully saturated rings. The molecule has 1 aliphatic carbocycles. The number of carbonyl (C=O) groups excluding carboxylic acids is 1. The van der Waals surface area contributed by atoms with Crippen molar-refractivity contribution in [3.63, 3.8) is 0 Å². The fraction of sp³-hybridized carbons (Fsp3) is 0.500.